The second kappa shape index (κ2) is 17.9. The molecule has 0 saturated carbocycles. The molecule has 0 saturated heterocycles. The van der Waals surface area contributed by atoms with Crippen molar-refractivity contribution in [1.82, 2.24) is 24.8 Å². The molecular formula is C26H42N10O12. The standard InChI is InChI=1S/C14H22N6O5.C12H20N4O7/c1-7(2)9(15)13(23)24-4-8(3-21)25-6-20-5-17-10-11(20)18-14(16)19-12(10)22;1-4(18)15-8-5(16-12(13)14)2-7(11(21)22)23-10(8)9(20)6(19)3-17/h5,7-9,21H,3-4,6,15H2,1-2H3,(H3,16,18,19,22);2,5-6,8-10,17,19-20H,3H2,1H3,(H,15,18)(H,21,22)(H4,13,14,16)/t8?,9-;5-,6+,8+,9+,10+/m00/s1. The Morgan fingerprint density at radius 3 is 2.42 bits per heavy atom. The van der Waals surface area contributed by atoms with Crippen molar-refractivity contribution >= 4 is 40.9 Å². The number of carbonyl (C=O) groups excluding carboxylic acids is 2. The molecule has 22 heteroatoms. The maximum atomic E-state index is 11.7. The first-order valence-electron chi connectivity index (χ1n) is 14.3. The van der Waals surface area contributed by atoms with Crippen molar-refractivity contribution < 1.29 is 54.1 Å². The number of aromatic amines is 1. The molecule has 1 unspecified atom stereocenters. The van der Waals surface area contributed by atoms with E-state index in [0.717, 1.165) is 6.08 Å². The first-order chi connectivity index (χ1) is 22.5. The SMILES string of the molecule is CC(=O)N[C@H]1[C@H]([C@H](O)[C@H](O)CO)OC(C(=O)O)=C[C@@H]1N=C(N)N.CC(C)[C@H](N)C(=O)OCC(CO)OCn1cnc2c(=O)[nH]c(N)nc21. The number of hydrogen-bond acceptors (Lipinski definition) is 16. The molecule has 0 aromatic carbocycles. The smallest absolute Gasteiger partial charge is 0.370 e. The summed E-state index contributed by atoms with van der Waals surface area (Å²) in [5.74, 6) is -3.57. The Hall–Kier alpha value is -4.87. The van der Waals surface area contributed by atoms with E-state index in [1.165, 1.54) is 17.8 Å². The second-order valence-electron chi connectivity index (χ2n) is 10.8. The van der Waals surface area contributed by atoms with Gasteiger partial charge in [0.1, 0.15) is 43.8 Å². The number of imidazole rings is 1. The van der Waals surface area contributed by atoms with Gasteiger partial charge in [0.05, 0.1) is 31.6 Å². The van der Waals surface area contributed by atoms with Gasteiger partial charge >= 0.3 is 11.9 Å². The van der Waals surface area contributed by atoms with E-state index >= 15 is 0 Å². The Morgan fingerprint density at radius 1 is 1.21 bits per heavy atom. The van der Waals surface area contributed by atoms with Gasteiger partial charge in [-0.25, -0.2) is 14.8 Å². The molecule has 268 valence electrons. The number of nitrogens with one attached hydrogen (secondary N) is 2. The number of nitrogens with zero attached hydrogens (tertiary/aromatic N) is 4. The fourth-order valence-electron chi connectivity index (χ4n) is 4.08. The van der Waals surface area contributed by atoms with Gasteiger partial charge in [-0.05, 0) is 12.0 Å². The number of amides is 1. The molecule has 1 aliphatic rings. The van der Waals surface area contributed by atoms with E-state index in [0.29, 0.717) is 0 Å². The molecule has 15 N–H and O–H groups in total. The lowest BCUT2D eigenvalue weighted by atomic mass is 9.92. The number of ether oxygens (including phenoxy) is 3. The first-order valence-corrected chi connectivity index (χ1v) is 14.3. The number of aliphatic carboxylic acids is 1. The van der Waals surface area contributed by atoms with Crippen LogP contribution in [0.15, 0.2) is 27.9 Å². The van der Waals surface area contributed by atoms with Crippen LogP contribution in [-0.4, -0.2) is 131 Å². The molecule has 22 nitrogen and oxygen atoms in total. The van der Waals surface area contributed by atoms with Crippen LogP contribution >= 0.6 is 0 Å². The summed E-state index contributed by atoms with van der Waals surface area (Å²) >= 11 is 0. The summed E-state index contributed by atoms with van der Waals surface area (Å²) in [4.78, 5) is 60.0. The highest BCUT2D eigenvalue weighted by Gasteiger charge is 2.43. The van der Waals surface area contributed by atoms with E-state index < -0.39 is 78.3 Å². The van der Waals surface area contributed by atoms with Crippen molar-refractivity contribution in [3.05, 3.63) is 28.5 Å². The summed E-state index contributed by atoms with van der Waals surface area (Å²) < 4.78 is 17.1. The molecule has 3 heterocycles. The number of carboxylic acid groups (broad SMARTS) is 1. The molecule has 0 aliphatic carbocycles. The van der Waals surface area contributed by atoms with Gasteiger partial charge in [0.15, 0.2) is 17.1 Å². The fourth-order valence-corrected chi connectivity index (χ4v) is 4.08. The van der Waals surface area contributed by atoms with E-state index in [2.05, 4.69) is 25.3 Å². The van der Waals surface area contributed by atoms with Gasteiger partial charge in [0.2, 0.25) is 17.6 Å². The van der Waals surface area contributed by atoms with Crippen molar-refractivity contribution in [2.24, 2.45) is 28.1 Å². The number of esters is 1. The average molecular weight is 687 g/mol. The summed E-state index contributed by atoms with van der Waals surface area (Å²) in [6.07, 6.45) is -3.05. The molecule has 0 spiro atoms. The van der Waals surface area contributed by atoms with Crippen LogP contribution in [0.4, 0.5) is 5.95 Å². The molecule has 0 bridgehead atoms. The van der Waals surface area contributed by atoms with Crippen LogP contribution in [-0.2, 0) is 35.3 Å². The van der Waals surface area contributed by atoms with Crippen molar-refractivity contribution in [2.45, 2.75) is 70.0 Å². The quantitative estimate of drug-likeness (QED) is 0.0502. The highest BCUT2D eigenvalue weighted by atomic mass is 16.6. The molecule has 3 rings (SSSR count). The molecule has 48 heavy (non-hydrogen) atoms. The number of aliphatic hydroxyl groups excluding tert-OH is 4. The third kappa shape index (κ3) is 10.9. The lowest BCUT2D eigenvalue weighted by Crippen LogP contribution is -2.59. The highest BCUT2D eigenvalue weighted by molar-refractivity contribution is 5.85. The number of H-pyrrole nitrogens is 1. The number of rotatable bonds is 14. The van der Waals surface area contributed by atoms with Gasteiger partial charge < -0.3 is 68.0 Å². The predicted octanol–water partition coefficient (Wildman–Crippen LogP) is -5.22. The molecule has 1 aliphatic heterocycles. The first kappa shape index (κ1) is 39.3. The summed E-state index contributed by atoms with van der Waals surface area (Å²) in [7, 11) is 0. The molecular weight excluding hydrogens is 644 g/mol. The Bertz CT molecular complexity index is 1520. The predicted molar refractivity (Wildman–Crippen MR) is 165 cm³/mol. The monoisotopic (exact) mass is 686 g/mol. The van der Waals surface area contributed by atoms with Crippen LogP contribution in [0.1, 0.15) is 20.8 Å². The van der Waals surface area contributed by atoms with Crippen LogP contribution in [0.5, 0.6) is 0 Å². The Balaban J connectivity index is 0.000000335. The van der Waals surface area contributed by atoms with E-state index in [1.807, 2.05) is 0 Å². The van der Waals surface area contributed by atoms with Crippen LogP contribution in [0, 0.1) is 5.92 Å². The van der Waals surface area contributed by atoms with Crippen LogP contribution in [0.3, 0.4) is 0 Å². The van der Waals surface area contributed by atoms with E-state index in [-0.39, 0.29) is 48.9 Å². The zero-order chi connectivity index (χ0) is 36.3. The van der Waals surface area contributed by atoms with Gasteiger partial charge in [0, 0.05) is 6.92 Å². The van der Waals surface area contributed by atoms with Gasteiger partial charge in [-0.2, -0.15) is 4.98 Å². The number of aliphatic imine (C=N–C) groups is 1. The van der Waals surface area contributed by atoms with Gasteiger partial charge in [0.25, 0.3) is 5.56 Å². The van der Waals surface area contributed by atoms with E-state index in [1.54, 1.807) is 13.8 Å². The zero-order valence-electron chi connectivity index (χ0n) is 26.3. The number of hydrogen-bond donors (Lipinski definition) is 11. The van der Waals surface area contributed by atoms with Gasteiger partial charge in [-0.15, -0.1) is 0 Å². The van der Waals surface area contributed by atoms with Crippen molar-refractivity contribution in [3.8, 4) is 0 Å². The second-order valence-corrected chi connectivity index (χ2v) is 10.8. The number of guanidine groups is 1. The Kier molecular flexibility index (Phi) is 14.6. The number of carboxylic acids is 1. The summed E-state index contributed by atoms with van der Waals surface area (Å²) in [6, 6.07) is -2.85. The number of aromatic nitrogens is 4. The van der Waals surface area contributed by atoms with Crippen LogP contribution in [0.2, 0.25) is 0 Å². The van der Waals surface area contributed by atoms with Crippen LogP contribution in [0.25, 0.3) is 11.2 Å². The minimum Gasteiger partial charge on any atom is -0.478 e. The summed E-state index contributed by atoms with van der Waals surface area (Å²) in [5.41, 5.74) is 21.7. The molecule has 1 amide bonds. The maximum Gasteiger partial charge on any atom is 0.370 e. The number of aliphatic hydroxyl groups is 4. The molecule has 0 radical (unpaired) electrons. The average Bonchev–Trinajstić information content (AvgIpc) is 3.43. The number of nitrogen functional groups attached to an aromatic ring is 1. The lowest BCUT2D eigenvalue weighted by Gasteiger charge is -2.38. The largest absolute Gasteiger partial charge is 0.478 e. The normalized spacial score (nSPS) is 19.9. The summed E-state index contributed by atoms with van der Waals surface area (Å²) in [5, 5.41) is 49.4. The van der Waals surface area contributed by atoms with Gasteiger partial charge in [-0.1, -0.05) is 13.8 Å². The molecule has 0 fully saturated rings. The van der Waals surface area contributed by atoms with Crippen molar-refractivity contribution in [3.63, 3.8) is 0 Å². The zero-order valence-corrected chi connectivity index (χ0v) is 26.3. The Labute approximate surface area is 272 Å². The number of fused-ring (bicyclic) bond motifs is 1. The fraction of sp³-hybridized carbons (Fsp3) is 0.577. The highest BCUT2D eigenvalue weighted by Crippen LogP contribution is 2.24. The van der Waals surface area contributed by atoms with Crippen molar-refractivity contribution in [1.29, 1.82) is 0 Å². The van der Waals surface area contributed by atoms with Crippen LogP contribution < -0.4 is 33.8 Å². The Morgan fingerprint density at radius 2 is 1.88 bits per heavy atom. The topological polar surface area (TPSA) is 372 Å². The number of nitrogens with two attached hydrogens (primary N) is 4. The maximum absolute atomic E-state index is 11.7. The number of anilines is 1. The van der Waals surface area contributed by atoms with E-state index in [9.17, 15) is 34.5 Å². The number of carbonyl (C=O) groups is 3. The molecule has 2 aromatic heterocycles. The minimum atomic E-state index is -1.70. The van der Waals surface area contributed by atoms with Crippen molar-refractivity contribution in [2.75, 3.05) is 25.6 Å². The summed E-state index contributed by atoms with van der Waals surface area (Å²) in [6.45, 7) is 3.41. The van der Waals surface area contributed by atoms with E-state index in [4.69, 9.17) is 47.4 Å². The molecule has 7 atom stereocenters. The minimum absolute atomic E-state index is 0.0467. The lowest BCUT2D eigenvalue weighted by molar-refractivity contribution is -0.153. The van der Waals surface area contributed by atoms with Gasteiger partial charge in [-0.3, -0.25) is 23.9 Å². The third-order valence-corrected chi connectivity index (χ3v) is 6.65. The molecule has 2 aromatic rings. The third-order valence-electron chi connectivity index (χ3n) is 6.65.